The van der Waals surface area contributed by atoms with Gasteiger partial charge in [-0.05, 0) is 54.4 Å². The lowest BCUT2D eigenvalue weighted by Gasteiger charge is -2.27. The molecule has 15 heteroatoms. The van der Waals surface area contributed by atoms with E-state index in [1.54, 1.807) is 12.2 Å². The fourth-order valence-corrected chi connectivity index (χ4v) is 12.9. The first-order valence-corrected chi connectivity index (χ1v) is 26.2. The van der Waals surface area contributed by atoms with E-state index in [0.29, 0.717) is 55.9 Å². The number of ether oxygens (including phenoxy) is 3. The van der Waals surface area contributed by atoms with E-state index in [4.69, 9.17) is 14.2 Å². The molecule has 1 saturated heterocycles. The minimum atomic E-state index is -0.781. The van der Waals surface area contributed by atoms with Crippen molar-refractivity contribution in [1.82, 2.24) is 10.0 Å². The van der Waals surface area contributed by atoms with E-state index in [2.05, 4.69) is 27.0 Å². The molecule has 3 aromatic rings. The van der Waals surface area contributed by atoms with E-state index in [0.717, 1.165) is 101 Å². The monoisotopic (exact) mass is 979 g/mol. The van der Waals surface area contributed by atoms with Crippen LogP contribution in [0.1, 0.15) is 121 Å². The highest BCUT2D eigenvalue weighted by molar-refractivity contribution is 8.26. The van der Waals surface area contributed by atoms with Crippen molar-refractivity contribution >= 4 is 88.9 Å². The molecule has 0 radical (unpaired) electrons. The fraction of sp³-hybridized carbons (Fsp3) is 0.385. The largest absolute Gasteiger partial charge is 0.462 e. The fourth-order valence-electron chi connectivity index (χ4n) is 7.52. The number of fused-ring (bicyclic) bond motifs is 2. The number of nitrogens with zero attached hydrogens (tertiary/aromatic N) is 3. The number of hydrogen-bond acceptors (Lipinski definition) is 13. The number of carbonyl (C=O) groups is 5. The van der Waals surface area contributed by atoms with E-state index in [9.17, 15) is 29.2 Å². The summed E-state index contributed by atoms with van der Waals surface area (Å²) in [5, 5.41) is 13.2. The molecule has 2 atom stereocenters. The maximum absolute atomic E-state index is 14.9. The highest BCUT2D eigenvalue weighted by Crippen LogP contribution is 2.69. The molecule has 0 spiro atoms. The summed E-state index contributed by atoms with van der Waals surface area (Å²) in [6.45, 7) is 18.0. The first-order chi connectivity index (χ1) is 32.4. The minimum Gasteiger partial charge on any atom is -0.462 e. The van der Waals surface area contributed by atoms with Gasteiger partial charge in [0, 0.05) is 0 Å². The Bertz CT molecular complexity index is 2360. The summed E-state index contributed by atoms with van der Waals surface area (Å²) in [6, 6.07) is 17.2. The van der Waals surface area contributed by atoms with Crippen molar-refractivity contribution in [2.45, 2.75) is 131 Å². The van der Waals surface area contributed by atoms with E-state index < -0.39 is 41.6 Å². The molecular weight excluding hydrogens is 923 g/mol. The molecular formula is C52H57N3O8S4. The van der Waals surface area contributed by atoms with Crippen molar-refractivity contribution in [3.63, 3.8) is 0 Å². The maximum Gasteiger partial charge on any atom is 0.350 e. The molecule has 6 rings (SSSR count). The first-order valence-electron chi connectivity index (χ1n) is 23.0. The molecule has 3 aliphatic rings. The summed E-state index contributed by atoms with van der Waals surface area (Å²) in [4.78, 5) is 73.0. The Morgan fingerprint density at radius 3 is 1.45 bits per heavy atom. The lowest BCUT2D eigenvalue weighted by Crippen LogP contribution is -2.39. The molecule has 67 heavy (non-hydrogen) atoms. The minimum absolute atomic E-state index is 0.0717. The average Bonchev–Trinajstić information content (AvgIpc) is 4.03. The number of benzene rings is 3. The maximum atomic E-state index is 14.9. The zero-order chi connectivity index (χ0) is 48.2. The number of thioether (sulfide) groups is 4. The van der Waals surface area contributed by atoms with Gasteiger partial charge in [-0.3, -0.25) is 19.2 Å². The molecule has 3 aromatic carbocycles. The van der Waals surface area contributed by atoms with Gasteiger partial charge in [-0.2, -0.15) is 5.26 Å². The van der Waals surface area contributed by atoms with E-state index in [-0.39, 0.29) is 46.6 Å². The Labute approximate surface area is 411 Å². The highest BCUT2D eigenvalue weighted by Gasteiger charge is 2.47. The van der Waals surface area contributed by atoms with E-state index >= 15 is 0 Å². The van der Waals surface area contributed by atoms with Gasteiger partial charge in [-0.25, -0.2) is 14.8 Å². The lowest BCUT2D eigenvalue weighted by atomic mass is 10.00. The van der Waals surface area contributed by atoms with Gasteiger partial charge >= 0.3 is 17.9 Å². The first kappa shape index (κ1) is 51.3. The normalized spacial score (nSPS) is 15.0. The summed E-state index contributed by atoms with van der Waals surface area (Å²) in [5.74, 6) is -3.29. The number of esters is 3. The average molecular weight is 980 g/mol. The van der Waals surface area contributed by atoms with Crippen LogP contribution in [0, 0.1) is 23.2 Å². The van der Waals surface area contributed by atoms with Gasteiger partial charge in [-0.15, -0.1) is 0 Å². The van der Waals surface area contributed by atoms with Crippen LogP contribution in [0.15, 0.2) is 101 Å². The van der Waals surface area contributed by atoms with Crippen LogP contribution < -0.4 is 9.47 Å². The van der Waals surface area contributed by atoms with Crippen molar-refractivity contribution in [1.29, 1.82) is 5.26 Å². The zero-order valence-corrected chi connectivity index (χ0v) is 42.0. The predicted molar refractivity (Wildman–Crippen MR) is 267 cm³/mol. The number of hydrogen-bond donors (Lipinski definition) is 0. The molecule has 1 fully saturated rings. The molecule has 352 valence electrons. The molecule has 0 bridgehead atoms. The van der Waals surface area contributed by atoms with Crippen molar-refractivity contribution in [2.24, 2.45) is 11.8 Å². The summed E-state index contributed by atoms with van der Waals surface area (Å²) in [5.41, 5.74) is 3.12. The molecule has 0 aliphatic carbocycles. The molecule has 2 unspecified atom stereocenters. The molecule has 11 nitrogen and oxygen atoms in total. The predicted octanol–water partition coefficient (Wildman–Crippen LogP) is 12.9. The number of nitriles is 1. The van der Waals surface area contributed by atoms with Gasteiger partial charge in [0.2, 0.25) is 0 Å². The molecule has 0 saturated carbocycles. The van der Waals surface area contributed by atoms with Crippen LogP contribution in [0.25, 0.3) is 12.2 Å². The van der Waals surface area contributed by atoms with Gasteiger partial charge in [-0.1, -0.05) is 188 Å². The number of carbonyl (C=O) groups excluding carboxylic acids is 5. The summed E-state index contributed by atoms with van der Waals surface area (Å²) in [7, 11) is 0. The quantitative estimate of drug-likeness (QED) is 0.0235. The number of unbranched alkanes of at least 4 members (excludes halogenated alkanes) is 3. The lowest BCUT2D eigenvalue weighted by molar-refractivity contribution is -0.149. The van der Waals surface area contributed by atoms with Crippen LogP contribution in [0.2, 0.25) is 0 Å². The SMILES string of the molecule is C=Cc1ccc(CN2C(=O)C(=C3Sc4c(OC(=O)C(CC)CCCC)c5c(c(OC(=O)C(CC)CCCC)c4S3)SC(=C(C#N)C(=O)OCCCC)S5)C(=O)N2Cc2ccc(C=C)cc2)cc1. The zero-order valence-electron chi connectivity index (χ0n) is 38.8. The van der Waals surface area contributed by atoms with Crippen molar-refractivity contribution in [2.75, 3.05) is 6.61 Å². The summed E-state index contributed by atoms with van der Waals surface area (Å²) < 4.78 is 19.0. The Hall–Kier alpha value is -5.14. The summed E-state index contributed by atoms with van der Waals surface area (Å²) >= 11 is 4.35. The Kier molecular flexibility index (Phi) is 18.5. The number of amides is 2. The Morgan fingerprint density at radius 1 is 0.657 bits per heavy atom. The molecule has 0 aromatic heterocycles. The van der Waals surface area contributed by atoms with Crippen LogP contribution in [0.5, 0.6) is 11.5 Å². The van der Waals surface area contributed by atoms with Gasteiger partial charge in [0.15, 0.2) is 17.1 Å². The van der Waals surface area contributed by atoms with Gasteiger partial charge in [0.05, 0.1) is 59.6 Å². The van der Waals surface area contributed by atoms with Crippen LogP contribution in [0.3, 0.4) is 0 Å². The Morgan fingerprint density at radius 2 is 1.07 bits per heavy atom. The van der Waals surface area contributed by atoms with Gasteiger partial charge in [0.25, 0.3) is 11.8 Å². The number of rotatable bonds is 22. The van der Waals surface area contributed by atoms with Crippen LogP contribution in [-0.2, 0) is 41.8 Å². The smallest absolute Gasteiger partial charge is 0.350 e. The van der Waals surface area contributed by atoms with Crippen LogP contribution in [0.4, 0.5) is 0 Å². The van der Waals surface area contributed by atoms with Crippen LogP contribution >= 0.6 is 47.0 Å². The molecule has 3 heterocycles. The molecule has 3 aliphatic heterocycles. The molecule has 0 N–H and O–H groups in total. The second kappa shape index (κ2) is 24.2. The third kappa shape index (κ3) is 11.8. The van der Waals surface area contributed by atoms with Crippen LogP contribution in [-0.4, -0.2) is 46.3 Å². The standard InChI is InChI=1S/C52H57N3O8S4/c1-8-15-18-36(13-6)48(58)62-40-42-43(65-51(64-42)38(29-53)50(60)61-28-17-10-3)41(63-49(59)37(14-7)19-16-9-2)45-44(40)66-52(67-45)39-46(56)54(30-34-24-20-32(11-4)21-25-34)55(47(39)57)31-35-26-22-33(12-5)23-27-35/h11-12,20-27,36-37H,4-5,8-10,13-19,28,30-31H2,1-3,6-7H3. The second-order valence-electron chi connectivity index (χ2n) is 16.3. The van der Waals surface area contributed by atoms with Crippen molar-refractivity contribution in [3.8, 4) is 17.6 Å². The molecule has 2 amide bonds. The van der Waals surface area contributed by atoms with Gasteiger partial charge < -0.3 is 14.2 Å². The second-order valence-corrected chi connectivity index (χ2v) is 20.9. The third-order valence-electron chi connectivity index (χ3n) is 11.6. The summed E-state index contributed by atoms with van der Waals surface area (Å²) in [6.07, 6.45) is 10.6. The topological polar surface area (TPSA) is 143 Å². The Balaban J connectivity index is 1.52. The highest BCUT2D eigenvalue weighted by atomic mass is 32.2. The van der Waals surface area contributed by atoms with E-state index in [1.807, 2.05) is 75.4 Å². The third-order valence-corrected chi connectivity index (χ3v) is 16.8. The van der Waals surface area contributed by atoms with Crippen molar-refractivity contribution < 1.29 is 38.2 Å². The van der Waals surface area contributed by atoms with E-state index in [1.165, 1.54) is 10.0 Å². The number of hydrazine groups is 1. The van der Waals surface area contributed by atoms with Crippen molar-refractivity contribution in [3.05, 3.63) is 104 Å². The van der Waals surface area contributed by atoms with Gasteiger partial charge in [0.1, 0.15) is 11.6 Å².